The Balaban J connectivity index is 2.26. The fraction of sp³-hybridized carbons (Fsp3) is 0.875. The van der Waals surface area contributed by atoms with Crippen LogP contribution >= 0.6 is 11.8 Å². The first-order valence-corrected chi connectivity index (χ1v) is 4.97. The summed E-state index contributed by atoms with van der Waals surface area (Å²) < 4.78 is 0. The van der Waals surface area contributed by atoms with Crippen molar-refractivity contribution in [3.8, 4) is 0 Å². The van der Waals surface area contributed by atoms with E-state index >= 15 is 0 Å². The van der Waals surface area contributed by atoms with Crippen LogP contribution in [-0.4, -0.2) is 17.3 Å². The predicted octanol–water partition coefficient (Wildman–Crippen LogP) is 2.57. The summed E-state index contributed by atoms with van der Waals surface area (Å²) >= 11 is 1.83. The number of hydrogen-bond acceptors (Lipinski definition) is 2. The highest BCUT2D eigenvalue weighted by Gasteiger charge is 2.10. The minimum Gasteiger partial charge on any atom is -0.283 e. The van der Waals surface area contributed by atoms with E-state index in [-0.39, 0.29) is 0 Å². The third-order valence-corrected chi connectivity index (χ3v) is 2.40. The zero-order valence-corrected chi connectivity index (χ0v) is 7.53. The zero-order chi connectivity index (χ0) is 7.40. The number of hydrogen-bond donors (Lipinski definition) is 0. The molecule has 0 bridgehead atoms. The van der Waals surface area contributed by atoms with Crippen molar-refractivity contribution in [1.29, 1.82) is 0 Å². The van der Waals surface area contributed by atoms with E-state index in [2.05, 4.69) is 18.8 Å². The number of rotatable bonds is 2. The van der Waals surface area contributed by atoms with Crippen molar-refractivity contribution in [2.45, 2.75) is 32.7 Å². The van der Waals surface area contributed by atoms with Crippen molar-refractivity contribution in [2.24, 2.45) is 10.9 Å². The Hall–Kier alpha value is 0.0200. The highest BCUT2D eigenvalue weighted by atomic mass is 32.2. The molecular formula is C8H15NS. The predicted molar refractivity (Wildman–Crippen MR) is 48.8 cm³/mol. The molecule has 0 amide bonds. The van der Waals surface area contributed by atoms with E-state index in [4.69, 9.17) is 0 Å². The summed E-state index contributed by atoms with van der Waals surface area (Å²) in [7, 11) is 0. The minimum atomic E-state index is 0.626. The third kappa shape index (κ3) is 2.74. The average Bonchev–Trinajstić information content (AvgIpc) is 1.88. The molecule has 0 aromatic heterocycles. The average molecular weight is 157 g/mol. The molecular weight excluding hydrogens is 142 g/mol. The zero-order valence-electron chi connectivity index (χ0n) is 6.71. The fourth-order valence-corrected chi connectivity index (χ4v) is 1.96. The molecule has 1 aliphatic heterocycles. The maximum Gasteiger partial charge on any atom is 0.0544 e. The lowest BCUT2D eigenvalue weighted by Gasteiger charge is -2.16. The molecule has 1 heterocycles. The van der Waals surface area contributed by atoms with Gasteiger partial charge in [0.15, 0.2) is 0 Å². The van der Waals surface area contributed by atoms with Crippen LogP contribution in [0.25, 0.3) is 0 Å². The van der Waals surface area contributed by atoms with Crippen LogP contribution in [0.15, 0.2) is 4.99 Å². The largest absolute Gasteiger partial charge is 0.283 e. The molecule has 1 rings (SSSR count). The van der Waals surface area contributed by atoms with E-state index < -0.39 is 0 Å². The van der Waals surface area contributed by atoms with Gasteiger partial charge in [-0.3, -0.25) is 4.99 Å². The van der Waals surface area contributed by atoms with E-state index in [0.717, 1.165) is 5.92 Å². The topological polar surface area (TPSA) is 12.4 Å². The summed E-state index contributed by atoms with van der Waals surface area (Å²) in [6, 6.07) is 0.626. The molecule has 58 valence electrons. The molecule has 1 nitrogen and oxygen atoms in total. The van der Waals surface area contributed by atoms with Gasteiger partial charge in [0.1, 0.15) is 0 Å². The summed E-state index contributed by atoms with van der Waals surface area (Å²) in [5, 5.41) is 0. The van der Waals surface area contributed by atoms with Crippen LogP contribution in [0.1, 0.15) is 26.7 Å². The van der Waals surface area contributed by atoms with Gasteiger partial charge in [0.2, 0.25) is 0 Å². The molecule has 1 atom stereocenters. The van der Waals surface area contributed by atoms with Crippen LogP contribution in [0.5, 0.6) is 0 Å². The lowest BCUT2D eigenvalue weighted by Crippen LogP contribution is -2.12. The van der Waals surface area contributed by atoms with Crippen LogP contribution in [0.4, 0.5) is 0 Å². The van der Waals surface area contributed by atoms with Crippen molar-refractivity contribution >= 4 is 17.3 Å². The van der Waals surface area contributed by atoms with Gasteiger partial charge in [-0.05, 0) is 18.8 Å². The third-order valence-electron chi connectivity index (χ3n) is 1.66. The normalized spacial score (nSPS) is 25.7. The van der Waals surface area contributed by atoms with E-state index in [9.17, 15) is 0 Å². The van der Waals surface area contributed by atoms with Gasteiger partial charge in [0.25, 0.3) is 0 Å². The Labute approximate surface area is 67.3 Å². The van der Waals surface area contributed by atoms with Crippen molar-refractivity contribution in [1.82, 2.24) is 0 Å². The molecule has 0 radical (unpaired) electrons. The Kier molecular flexibility index (Phi) is 3.26. The van der Waals surface area contributed by atoms with E-state index in [1.54, 1.807) is 0 Å². The molecule has 0 saturated carbocycles. The summed E-state index contributed by atoms with van der Waals surface area (Å²) in [6.07, 6.45) is 2.54. The lowest BCUT2D eigenvalue weighted by atomic mass is 10.0. The van der Waals surface area contributed by atoms with Crippen LogP contribution in [0, 0.1) is 5.92 Å². The Morgan fingerprint density at radius 1 is 1.70 bits per heavy atom. The Morgan fingerprint density at radius 3 is 3.00 bits per heavy atom. The van der Waals surface area contributed by atoms with Crippen molar-refractivity contribution in [2.75, 3.05) is 5.75 Å². The van der Waals surface area contributed by atoms with Crippen LogP contribution in [0.3, 0.4) is 0 Å². The Bertz CT molecular complexity index is 120. The van der Waals surface area contributed by atoms with Gasteiger partial charge < -0.3 is 0 Å². The molecule has 1 unspecified atom stereocenters. The van der Waals surface area contributed by atoms with Crippen LogP contribution < -0.4 is 0 Å². The number of nitrogens with zero attached hydrogens (tertiary/aromatic N) is 1. The molecule has 2 heteroatoms. The lowest BCUT2D eigenvalue weighted by molar-refractivity contribution is 0.490. The van der Waals surface area contributed by atoms with Gasteiger partial charge >= 0.3 is 0 Å². The molecule has 0 N–H and O–H groups in total. The smallest absolute Gasteiger partial charge is 0.0544 e. The molecule has 0 fully saturated rings. The fourth-order valence-electron chi connectivity index (χ4n) is 1.18. The second-order valence-electron chi connectivity index (χ2n) is 3.20. The van der Waals surface area contributed by atoms with Gasteiger partial charge in [-0.1, -0.05) is 13.8 Å². The Morgan fingerprint density at radius 2 is 2.50 bits per heavy atom. The quantitative estimate of drug-likeness (QED) is 0.600. The van der Waals surface area contributed by atoms with E-state index in [0.29, 0.717) is 6.04 Å². The SMILES string of the molecule is CC(C)CC1CCSC=N1. The van der Waals surface area contributed by atoms with Gasteiger partial charge in [0, 0.05) is 5.75 Å². The second-order valence-corrected chi connectivity index (χ2v) is 4.15. The van der Waals surface area contributed by atoms with Gasteiger partial charge in [-0.25, -0.2) is 0 Å². The molecule has 0 saturated heterocycles. The molecule has 0 aromatic carbocycles. The van der Waals surface area contributed by atoms with Crippen LogP contribution in [0.2, 0.25) is 0 Å². The van der Waals surface area contributed by atoms with Crippen molar-refractivity contribution in [3.63, 3.8) is 0 Å². The molecule has 10 heavy (non-hydrogen) atoms. The van der Waals surface area contributed by atoms with Crippen molar-refractivity contribution < 1.29 is 0 Å². The first-order valence-electron chi connectivity index (χ1n) is 3.92. The number of aliphatic imine (C=N–C) groups is 1. The van der Waals surface area contributed by atoms with E-state index in [1.807, 2.05) is 17.3 Å². The minimum absolute atomic E-state index is 0.626. The first-order chi connectivity index (χ1) is 4.79. The summed E-state index contributed by atoms with van der Waals surface area (Å²) in [5.74, 6) is 2.06. The van der Waals surface area contributed by atoms with Gasteiger partial charge in [-0.2, -0.15) is 0 Å². The second kappa shape index (κ2) is 4.02. The maximum atomic E-state index is 4.41. The maximum absolute atomic E-state index is 4.41. The summed E-state index contributed by atoms with van der Waals surface area (Å²) in [5.41, 5.74) is 2.01. The first kappa shape index (κ1) is 8.12. The summed E-state index contributed by atoms with van der Waals surface area (Å²) in [4.78, 5) is 4.41. The molecule has 1 aliphatic rings. The monoisotopic (exact) mass is 157 g/mol. The van der Waals surface area contributed by atoms with Gasteiger partial charge in [0.05, 0.1) is 11.6 Å². The standard InChI is InChI=1S/C8H15NS/c1-7(2)5-8-3-4-10-6-9-8/h6-8H,3-5H2,1-2H3. The van der Waals surface area contributed by atoms with Gasteiger partial charge in [-0.15, -0.1) is 11.8 Å². The van der Waals surface area contributed by atoms with E-state index in [1.165, 1.54) is 18.6 Å². The number of thioether (sulfide) groups is 1. The molecule has 0 spiro atoms. The molecule has 0 aromatic rings. The highest BCUT2D eigenvalue weighted by Crippen LogP contribution is 2.17. The van der Waals surface area contributed by atoms with Crippen molar-refractivity contribution in [3.05, 3.63) is 0 Å². The summed E-state index contributed by atoms with van der Waals surface area (Å²) in [6.45, 7) is 4.52. The highest BCUT2D eigenvalue weighted by molar-refractivity contribution is 8.12. The van der Waals surface area contributed by atoms with Crippen LogP contribution in [-0.2, 0) is 0 Å². The molecule has 0 aliphatic carbocycles.